The minimum Gasteiger partial charge on any atom is -0.375 e. The predicted octanol–water partition coefficient (Wildman–Crippen LogP) is 2.57. The number of Topliss-reactive ketones (excluding diaryl/α,β-unsaturated/α-hetero) is 1. The summed E-state index contributed by atoms with van der Waals surface area (Å²) in [5, 5.41) is 1.99. The molecule has 3 heterocycles. The van der Waals surface area contributed by atoms with Crippen LogP contribution >= 0.6 is 11.3 Å². The van der Waals surface area contributed by atoms with Crippen LogP contribution in [0.4, 0.5) is 0 Å². The monoisotopic (exact) mass is 278 g/mol. The highest BCUT2D eigenvalue weighted by Gasteiger charge is 2.41. The maximum atomic E-state index is 12.5. The topological polar surface area (TPSA) is 43.6 Å². The fourth-order valence-electron chi connectivity index (χ4n) is 2.98. The Morgan fingerprint density at radius 2 is 2.21 bits per heavy atom. The Kier molecular flexibility index (Phi) is 3.19. The van der Waals surface area contributed by atoms with Gasteiger partial charge < -0.3 is 4.74 Å². The van der Waals surface area contributed by atoms with Crippen LogP contribution in [0.3, 0.4) is 0 Å². The summed E-state index contributed by atoms with van der Waals surface area (Å²) >= 11 is 1.58. The van der Waals surface area contributed by atoms with E-state index in [-0.39, 0.29) is 29.8 Å². The second-order valence-corrected chi connectivity index (χ2v) is 6.27. The molecule has 19 heavy (non-hydrogen) atoms. The van der Waals surface area contributed by atoms with Crippen LogP contribution in [0, 0.1) is 11.8 Å². The first-order valence-electron chi connectivity index (χ1n) is 6.65. The number of ketones is 1. The third kappa shape index (κ3) is 2.21. The molecule has 1 aliphatic heterocycles. The van der Waals surface area contributed by atoms with Crippen molar-refractivity contribution in [2.24, 2.45) is 11.8 Å². The largest absolute Gasteiger partial charge is 0.375 e. The molecule has 0 amide bonds. The fraction of sp³-hybridized carbons (Fsp3) is 0.571. The average Bonchev–Trinajstić information content (AvgIpc) is 2.94. The SMILES string of the molecule is CC1OC(C)C(C(=O)Cc2cn3ccsc3n2)C1C. The van der Waals surface area contributed by atoms with Gasteiger partial charge in [-0.2, -0.15) is 0 Å². The van der Waals surface area contributed by atoms with Crippen LogP contribution in [0.1, 0.15) is 26.5 Å². The molecule has 1 fully saturated rings. The Hall–Kier alpha value is -1.20. The maximum Gasteiger partial charge on any atom is 0.193 e. The average molecular weight is 278 g/mol. The van der Waals surface area contributed by atoms with E-state index in [1.165, 1.54) is 0 Å². The van der Waals surface area contributed by atoms with Gasteiger partial charge in [-0.1, -0.05) is 6.92 Å². The van der Waals surface area contributed by atoms with Crippen LogP contribution in [0.25, 0.3) is 4.96 Å². The normalized spacial score (nSPS) is 31.1. The minimum atomic E-state index is -0.00487. The molecule has 3 rings (SSSR count). The van der Waals surface area contributed by atoms with Crippen molar-refractivity contribution >= 4 is 22.1 Å². The van der Waals surface area contributed by atoms with E-state index in [0.717, 1.165) is 10.7 Å². The standard InChI is InChI=1S/C14H18N2O2S/c1-8-9(2)18-10(3)13(8)12(17)6-11-7-16-4-5-19-14(16)15-11/h4-5,7-10,13H,6H2,1-3H3. The summed E-state index contributed by atoms with van der Waals surface area (Å²) in [6, 6.07) is 0. The first-order chi connectivity index (χ1) is 9.06. The number of ether oxygens (including phenoxy) is 1. The Bertz CT molecular complexity index is 575. The van der Waals surface area contributed by atoms with E-state index in [1.54, 1.807) is 11.3 Å². The van der Waals surface area contributed by atoms with E-state index in [1.807, 2.05) is 36.0 Å². The summed E-state index contributed by atoms with van der Waals surface area (Å²) in [4.78, 5) is 17.9. The molecule has 0 bridgehead atoms. The van der Waals surface area contributed by atoms with Crippen LogP contribution in [-0.2, 0) is 16.0 Å². The molecule has 1 saturated heterocycles. The minimum absolute atomic E-state index is 0.00487. The molecular weight excluding hydrogens is 260 g/mol. The second kappa shape index (κ2) is 4.72. The lowest BCUT2D eigenvalue weighted by molar-refractivity contribution is -0.124. The van der Waals surface area contributed by atoms with Gasteiger partial charge in [0.2, 0.25) is 0 Å². The predicted molar refractivity (Wildman–Crippen MR) is 74.4 cm³/mol. The van der Waals surface area contributed by atoms with E-state index in [4.69, 9.17) is 4.74 Å². The fourth-order valence-corrected chi connectivity index (χ4v) is 3.70. The highest BCUT2D eigenvalue weighted by molar-refractivity contribution is 7.15. The molecule has 2 aromatic rings. The quantitative estimate of drug-likeness (QED) is 0.866. The van der Waals surface area contributed by atoms with Gasteiger partial charge >= 0.3 is 0 Å². The third-order valence-corrected chi connectivity index (χ3v) is 4.88. The number of hydrogen-bond donors (Lipinski definition) is 0. The third-order valence-electron chi connectivity index (χ3n) is 4.11. The Morgan fingerprint density at radius 1 is 1.42 bits per heavy atom. The molecule has 102 valence electrons. The van der Waals surface area contributed by atoms with Gasteiger partial charge in [-0.25, -0.2) is 4.98 Å². The lowest BCUT2D eigenvalue weighted by atomic mass is 9.84. The molecule has 4 unspecified atom stereocenters. The summed E-state index contributed by atoms with van der Waals surface area (Å²) in [6.07, 6.45) is 4.49. The van der Waals surface area contributed by atoms with Crippen molar-refractivity contribution < 1.29 is 9.53 Å². The summed E-state index contributed by atoms with van der Waals surface area (Å²) in [5.74, 6) is 0.524. The first kappa shape index (κ1) is 12.8. The van der Waals surface area contributed by atoms with Crippen LogP contribution in [0.5, 0.6) is 0 Å². The molecule has 5 heteroatoms. The molecule has 0 radical (unpaired) electrons. The molecule has 0 spiro atoms. The number of carbonyl (C=O) groups excluding carboxylic acids is 1. The van der Waals surface area contributed by atoms with Gasteiger partial charge in [-0.3, -0.25) is 9.20 Å². The van der Waals surface area contributed by atoms with Crippen molar-refractivity contribution in [3.63, 3.8) is 0 Å². The van der Waals surface area contributed by atoms with E-state index < -0.39 is 0 Å². The Labute approximate surface area is 116 Å². The van der Waals surface area contributed by atoms with E-state index in [0.29, 0.717) is 6.42 Å². The number of fused-ring (bicyclic) bond motifs is 1. The Balaban J connectivity index is 1.76. The molecule has 4 nitrogen and oxygen atoms in total. The summed E-state index contributed by atoms with van der Waals surface area (Å²) in [6.45, 7) is 6.14. The van der Waals surface area contributed by atoms with Crippen molar-refractivity contribution in [1.29, 1.82) is 0 Å². The van der Waals surface area contributed by atoms with Crippen LogP contribution in [0.2, 0.25) is 0 Å². The molecule has 0 aromatic carbocycles. The molecule has 1 aliphatic rings. The van der Waals surface area contributed by atoms with Crippen molar-refractivity contribution in [1.82, 2.24) is 9.38 Å². The zero-order valence-electron chi connectivity index (χ0n) is 11.4. The summed E-state index contributed by atoms with van der Waals surface area (Å²) < 4.78 is 7.71. The molecule has 0 aliphatic carbocycles. The second-order valence-electron chi connectivity index (χ2n) is 5.40. The highest BCUT2D eigenvalue weighted by atomic mass is 32.1. The molecular formula is C14H18N2O2S. The van der Waals surface area contributed by atoms with Crippen molar-refractivity contribution in [2.45, 2.75) is 39.4 Å². The molecule has 0 N–H and O–H groups in total. The first-order valence-corrected chi connectivity index (χ1v) is 7.53. The highest BCUT2D eigenvalue weighted by Crippen LogP contribution is 2.33. The van der Waals surface area contributed by atoms with Crippen LogP contribution < -0.4 is 0 Å². The number of rotatable bonds is 3. The van der Waals surface area contributed by atoms with Crippen LogP contribution in [-0.4, -0.2) is 27.4 Å². The Morgan fingerprint density at radius 3 is 2.84 bits per heavy atom. The summed E-state index contributed by atoms with van der Waals surface area (Å²) in [7, 11) is 0. The van der Waals surface area contributed by atoms with Crippen LogP contribution in [0.15, 0.2) is 17.8 Å². The molecule has 0 saturated carbocycles. The van der Waals surface area contributed by atoms with Crippen molar-refractivity contribution in [2.75, 3.05) is 0 Å². The van der Waals surface area contributed by atoms with Gasteiger partial charge in [-0.05, 0) is 19.8 Å². The smallest absolute Gasteiger partial charge is 0.193 e. The van der Waals surface area contributed by atoms with E-state index in [2.05, 4.69) is 11.9 Å². The zero-order valence-corrected chi connectivity index (χ0v) is 12.2. The number of carbonyl (C=O) groups is 1. The maximum absolute atomic E-state index is 12.5. The number of aromatic nitrogens is 2. The van der Waals surface area contributed by atoms with E-state index >= 15 is 0 Å². The zero-order chi connectivity index (χ0) is 13.6. The van der Waals surface area contributed by atoms with Gasteiger partial charge in [0.15, 0.2) is 4.96 Å². The number of imidazole rings is 1. The van der Waals surface area contributed by atoms with Gasteiger partial charge in [0, 0.05) is 23.7 Å². The van der Waals surface area contributed by atoms with Crippen molar-refractivity contribution in [3.05, 3.63) is 23.5 Å². The lowest BCUT2D eigenvalue weighted by Crippen LogP contribution is -2.28. The number of hydrogen-bond acceptors (Lipinski definition) is 4. The van der Waals surface area contributed by atoms with Gasteiger partial charge in [-0.15, -0.1) is 11.3 Å². The van der Waals surface area contributed by atoms with Crippen molar-refractivity contribution in [3.8, 4) is 0 Å². The summed E-state index contributed by atoms with van der Waals surface area (Å²) in [5.41, 5.74) is 0.857. The number of thiazole rings is 1. The van der Waals surface area contributed by atoms with Gasteiger partial charge in [0.25, 0.3) is 0 Å². The lowest BCUT2D eigenvalue weighted by Gasteiger charge is -2.16. The number of nitrogens with zero attached hydrogens (tertiary/aromatic N) is 2. The van der Waals surface area contributed by atoms with E-state index in [9.17, 15) is 4.79 Å². The van der Waals surface area contributed by atoms with Gasteiger partial charge in [0.05, 0.1) is 24.3 Å². The molecule has 2 aromatic heterocycles. The molecule has 4 atom stereocenters. The van der Waals surface area contributed by atoms with Gasteiger partial charge in [0.1, 0.15) is 5.78 Å².